The van der Waals surface area contributed by atoms with Gasteiger partial charge in [-0.3, -0.25) is 5.10 Å². The number of aromatic nitrogens is 3. The molecule has 2 aromatic carbocycles. The Labute approximate surface area is 126 Å². The molecule has 0 saturated carbocycles. The number of H-pyrrole nitrogens is 1. The number of nitrogens with zero attached hydrogens (tertiary/aromatic N) is 3. The fourth-order valence-corrected chi connectivity index (χ4v) is 2.41. The van der Waals surface area contributed by atoms with Crippen LogP contribution in [0.25, 0.3) is 10.8 Å². The molecule has 0 radical (unpaired) electrons. The van der Waals surface area contributed by atoms with Crippen LogP contribution in [-0.4, -0.2) is 26.2 Å². The Bertz CT molecular complexity index is 879. The summed E-state index contributed by atoms with van der Waals surface area (Å²) in [6.45, 7) is 1.98. The number of phenols is 1. The van der Waals surface area contributed by atoms with Gasteiger partial charge in [0.05, 0.1) is 6.21 Å². The lowest BCUT2D eigenvalue weighted by atomic mass is 10.0. The van der Waals surface area contributed by atoms with Crippen molar-refractivity contribution in [1.82, 2.24) is 14.9 Å². The van der Waals surface area contributed by atoms with Gasteiger partial charge in [0, 0.05) is 12.0 Å². The standard InChI is InChI=1S/C15H14N4OS/c1-2-14-17-18-15(21)19(14)16-9-12-11-6-4-3-5-10(11)7-8-13(12)20/h3-9,20H,2H2,1H3,(H,18,21)/b16-9+. The molecule has 5 nitrogen and oxygen atoms in total. The summed E-state index contributed by atoms with van der Waals surface area (Å²) < 4.78 is 2.00. The summed E-state index contributed by atoms with van der Waals surface area (Å²) in [5.41, 5.74) is 0.665. The Morgan fingerprint density at radius 2 is 2.14 bits per heavy atom. The van der Waals surface area contributed by atoms with Gasteiger partial charge in [-0.25, -0.2) is 0 Å². The zero-order valence-electron chi connectivity index (χ0n) is 11.4. The van der Waals surface area contributed by atoms with Crippen LogP contribution in [-0.2, 0) is 6.42 Å². The Hall–Kier alpha value is -2.47. The van der Waals surface area contributed by atoms with E-state index in [1.165, 1.54) is 0 Å². The number of hydrogen-bond acceptors (Lipinski definition) is 4. The van der Waals surface area contributed by atoms with Crippen LogP contribution < -0.4 is 0 Å². The van der Waals surface area contributed by atoms with Gasteiger partial charge in [0.25, 0.3) is 0 Å². The molecule has 1 heterocycles. The number of nitrogens with one attached hydrogen (secondary N) is 1. The maximum Gasteiger partial charge on any atom is 0.216 e. The van der Waals surface area contributed by atoms with Crippen LogP contribution in [0.15, 0.2) is 41.5 Å². The number of aryl methyl sites for hydroxylation is 1. The van der Waals surface area contributed by atoms with Crippen LogP contribution in [0.1, 0.15) is 18.3 Å². The minimum Gasteiger partial charge on any atom is -0.507 e. The van der Waals surface area contributed by atoms with Gasteiger partial charge in [-0.1, -0.05) is 37.3 Å². The molecule has 0 bridgehead atoms. The van der Waals surface area contributed by atoms with Crippen molar-refractivity contribution in [3.63, 3.8) is 0 Å². The van der Waals surface area contributed by atoms with Crippen LogP contribution in [0.4, 0.5) is 0 Å². The quantitative estimate of drug-likeness (QED) is 0.576. The predicted octanol–water partition coefficient (Wildman–Crippen LogP) is 3.24. The number of fused-ring (bicyclic) bond motifs is 1. The molecule has 6 heteroatoms. The van der Waals surface area contributed by atoms with E-state index in [1.54, 1.807) is 17.0 Å². The molecule has 2 N–H and O–H groups in total. The van der Waals surface area contributed by atoms with Gasteiger partial charge in [-0.15, -0.1) is 0 Å². The number of aromatic hydroxyl groups is 1. The second kappa shape index (κ2) is 5.49. The highest BCUT2D eigenvalue weighted by atomic mass is 32.1. The summed E-state index contributed by atoms with van der Waals surface area (Å²) in [7, 11) is 0. The van der Waals surface area contributed by atoms with Crippen molar-refractivity contribution in [2.75, 3.05) is 0 Å². The first kappa shape index (κ1) is 13.5. The Balaban J connectivity index is 2.13. The second-order valence-electron chi connectivity index (χ2n) is 4.57. The third-order valence-electron chi connectivity index (χ3n) is 3.28. The first-order chi connectivity index (χ1) is 10.2. The van der Waals surface area contributed by atoms with E-state index in [9.17, 15) is 5.11 Å². The summed E-state index contributed by atoms with van der Waals surface area (Å²) in [6, 6.07) is 11.4. The molecule has 0 amide bonds. The number of aromatic amines is 1. The zero-order valence-corrected chi connectivity index (χ0v) is 12.3. The highest BCUT2D eigenvalue weighted by molar-refractivity contribution is 7.71. The van der Waals surface area contributed by atoms with Gasteiger partial charge in [-0.2, -0.15) is 14.9 Å². The van der Waals surface area contributed by atoms with Crippen LogP contribution in [0, 0.1) is 4.77 Å². The zero-order chi connectivity index (χ0) is 14.8. The molecular weight excluding hydrogens is 284 g/mol. The first-order valence-corrected chi connectivity index (χ1v) is 7.03. The predicted molar refractivity (Wildman–Crippen MR) is 85.4 cm³/mol. The van der Waals surface area contributed by atoms with Gasteiger partial charge in [0.15, 0.2) is 5.82 Å². The molecule has 3 aromatic rings. The maximum atomic E-state index is 10.1. The Morgan fingerprint density at radius 3 is 2.95 bits per heavy atom. The molecule has 21 heavy (non-hydrogen) atoms. The number of hydrogen-bond donors (Lipinski definition) is 2. The summed E-state index contributed by atoms with van der Waals surface area (Å²) in [4.78, 5) is 0. The minimum atomic E-state index is 0.186. The molecule has 0 aliphatic heterocycles. The fourth-order valence-electron chi connectivity index (χ4n) is 2.21. The largest absolute Gasteiger partial charge is 0.507 e. The third kappa shape index (κ3) is 2.45. The number of benzene rings is 2. The topological polar surface area (TPSA) is 66.2 Å². The monoisotopic (exact) mass is 298 g/mol. The van der Waals surface area contributed by atoms with Crippen molar-refractivity contribution >= 4 is 29.2 Å². The normalized spacial score (nSPS) is 11.5. The van der Waals surface area contributed by atoms with Gasteiger partial charge in [0.2, 0.25) is 4.77 Å². The minimum absolute atomic E-state index is 0.186. The Morgan fingerprint density at radius 1 is 1.33 bits per heavy atom. The molecule has 106 valence electrons. The van der Waals surface area contributed by atoms with E-state index in [1.807, 2.05) is 37.3 Å². The van der Waals surface area contributed by atoms with Crippen LogP contribution in [0.5, 0.6) is 5.75 Å². The molecule has 0 fully saturated rings. The fraction of sp³-hybridized carbons (Fsp3) is 0.133. The lowest BCUT2D eigenvalue weighted by Gasteiger charge is -2.04. The maximum absolute atomic E-state index is 10.1. The average molecular weight is 298 g/mol. The van der Waals surface area contributed by atoms with E-state index < -0.39 is 0 Å². The van der Waals surface area contributed by atoms with Crippen molar-refractivity contribution in [3.05, 3.63) is 52.6 Å². The van der Waals surface area contributed by atoms with Crippen molar-refractivity contribution in [1.29, 1.82) is 0 Å². The van der Waals surface area contributed by atoms with E-state index in [0.29, 0.717) is 16.8 Å². The number of phenolic OH excluding ortho intramolecular Hbond substituents is 1. The molecule has 1 aromatic heterocycles. The SMILES string of the molecule is CCc1n[nH]c(=S)n1/N=C/c1c(O)ccc2ccccc12. The van der Waals surface area contributed by atoms with E-state index in [0.717, 1.165) is 16.6 Å². The van der Waals surface area contributed by atoms with Crippen molar-refractivity contribution in [2.45, 2.75) is 13.3 Å². The van der Waals surface area contributed by atoms with Crippen LogP contribution in [0.3, 0.4) is 0 Å². The molecule has 0 spiro atoms. The van der Waals surface area contributed by atoms with Gasteiger partial charge >= 0.3 is 0 Å². The van der Waals surface area contributed by atoms with Gasteiger partial charge in [0.1, 0.15) is 5.75 Å². The molecule has 0 unspecified atom stereocenters. The molecular formula is C15H14N4OS. The van der Waals surface area contributed by atoms with Gasteiger partial charge < -0.3 is 5.11 Å². The summed E-state index contributed by atoms with van der Waals surface area (Å²) in [5.74, 6) is 0.932. The lowest BCUT2D eigenvalue weighted by Crippen LogP contribution is -1.97. The first-order valence-electron chi connectivity index (χ1n) is 6.62. The third-order valence-corrected chi connectivity index (χ3v) is 3.55. The van der Waals surface area contributed by atoms with E-state index in [-0.39, 0.29) is 5.75 Å². The van der Waals surface area contributed by atoms with E-state index >= 15 is 0 Å². The summed E-state index contributed by atoms with van der Waals surface area (Å²) in [6.07, 6.45) is 2.33. The van der Waals surface area contributed by atoms with E-state index in [4.69, 9.17) is 12.2 Å². The Kier molecular flexibility index (Phi) is 3.53. The molecule has 0 saturated heterocycles. The highest BCUT2D eigenvalue weighted by Crippen LogP contribution is 2.25. The number of rotatable bonds is 3. The van der Waals surface area contributed by atoms with Crippen molar-refractivity contribution in [2.24, 2.45) is 5.10 Å². The van der Waals surface area contributed by atoms with Crippen LogP contribution in [0.2, 0.25) is 0 Å². The van der Waals surface area contributed by atoms with Gasteiger partial charge in [-0.05, 0) is 29.1 Å². The van der Waals surface area contributed by atoms with Crippen LogP contribution >= 0.6 is 12.2 Å². The highest BCUT2D eigenvalue weighted by Gasteiger charge is 2.06. The van der Waals surface area contributed by atoms with Crippen molar-refractivity contribution < 1.29 is 5.11 Å². The average Bonchev–Trinajstić information content (AvgIpc) is 2.86. The molecule has 0 atom stereocenters. The molecule has 0 aliphatic rings. The molecule has 3 rings (SSSR count). The van der Waals surface area contributed by atoms with Crippen molar-refractivity contribution in [3.8, 4) is 5.75 Å². The smallest absolute Gasteiger partial charge is 0.216 e. The summed E-state index contributed by atoms with van der Waals surface area (Å²) in [5, 5.41) is 23.2. The van der Waals surface area contributed by atoms with E-state index in [2.05, 4.69) is 15.3 Å². The summed E-state index contributed by atoms with van der Waals surface area (Å²) >= 11 is 5.15. The second-order valence-corrected chi connectivity index (χ2v) is 4.96. The molecule has 0 aliphatic carbocycles. The lowest BCUT2D eigenvalue weighted by molar-refractivity contribution is 0.475.